The summed E-state index contributed by atoms with van der Waals surface area (Å²) in [5.74, 6) is 0. The largest absolute Gasteiger partial charge is 0.488 e. The molecule has 0 saturated heterocycles. The van der Waals surface area contributed by atoms with Crippen LogP contribution in [0.5, 0.6) is 0 Å². The van der Waals surface area contributed by atoms with E-state index in [-0.39, 0.29) is 11.9 Å². The van der Waals surface area contributed by atoms with Crippen LogP contribution in [0.1, 0.15) is 19.4 Å². The van der Waals surface area contributed by atoms with Gasteiger partial charge in [0, 0.05) is 0 Å². The highest BCUT2D eigenvalue weighted by Crippen LogP contribution is 2.39. The second-order valence-corrected chi connectivity index (χ2v) is 4.67. The quantitative estimate of drug-likeness (QED) is 0.793. The summed E-state index contributed by atoms with van der Waals surface area (Å²) in [4.78, 5) is 0. The van der Waals surface area contributed by atoms with Crippen molar-refractivity contribution in [3.63, 3.8) is 0 Å². The standard InChI is InChI=1S/C11H14BF3O2/c1-10(2,11(13,14)15)7-8-3-5-9(6-4-8)12(16)17/h3-6,16-17H,7H2,1-2H3. The first-order chi connectivity index (χ1) is 7.63. The Kier molecular flexibility index (Phi) is 3.89. The van der Waals surface area contributed by atoms with Crippen LogP contribution in [0, 0.1) is 5.41 Å². The average Bonchev–Trinajstić information content (AvgIpc) is 2.16. The molecule has 0 radical (unpaired) electrons. The van der Waals surface area contributed by atoms with Gasteiger partial charge in [-0.3, -0.25) is 0 Å². The van der Waals surface area contributed by atoms with Crippen LogP contribution in [0.25, 0.3) is 0 Å². The molecule has 0 spiro atoms. The average molecular weight is 246 g/mol. The molecule has 2 nitrogen and oxygen atoms in total. The first-order valence-corrected chi connectivity index (χ1v) is 5.15. The van der Waals surface area contributed by atoms with E-state index in [2.05, 4.69) is 0 Å². The summed E-state index contributed by atoms with van der Waals surface area (Å²) in [7, 11) is -1.60. The Labute approximate surface area is 98.2 Å². The van der Waals surface area contributed by atoms with Gasteiger partial charge in [0.1, 0.15) is 0 Å². The Balaban J connectivity index is 2.83. The lowest BCUT2D eigenvalue weighted by atomic mass is 9.78. The second kappa shape index (κ2) is 4.70. The smallest absolute Gasteiger partial charge is 0.423 e. The Morgan fingerprint density at radius 1 is 1.06 bits per heavy atom. The monoisotopic (exact) mass is 246 g/mol. The van der Waals surface area contributed by atoms with Crippen molar-refractivity contribution >= 4 is 12.6 Å². The molecule has 6 heteroatoms. The zero-order valence-electron chi connectivity index (χ0n) is 9.62. The van der Waals surface area contributed by atoms with Crippen LogP contribution in [0.15, 0.2) is 24.3 Å². The van der Waals surface area contributed by atoms with E-state index in [0.717, 1.165) is 13.8 Å². The van der Waals surface area contributed by atoms with Gasteiger partial charge in [-0.25, -0.2) is 0 Å². The molecule has 17 heavy (non-hydrogen) atoms. The predicted molar refractivity (Wildman–Crippen MR) is 59.8 cm³/mol. The highest BCUT2D eigenvalue weighted by molar-refractivity contribution is 6.58. The van der Waals surface area contributed by atoms with Gasteiger partial charge in [0.25, 0.3) is 0 Å². The fourth-order valence-electron chi connectivity index (χ4n) is 1.42. The second-order valence-electron chi connectivity index (χ2n) is 4.67. The molecular formula is C11H14BF3O2. The van der Waals surface area contributed by atoms with Crippen LogP contribution in [0.3, 0.4) is 0 Å². The highest BCUT2D eigenvalue weighted by Gasteiger charge is 2.46. The molecule has 2 N–H and O–H groups in total. The van der Waals surface area contributed by atoms with Crippen LogP contribution in [-0.4, -0.2) is 23.3 Å². The SMILES string of the molecule is CC(C)(Cc1ccc(B(O)O)cc1)C(F)(F)F. The van der Waals surface area contributed by atoms with Crippen molar-refractivity contribution in [2.75, 3.05) is 0 Å². The molecule has 0 heterocycles. The summed E-state index contributed by atoms with van der Waals surface area (Å²) < 4.78 is 37.9. The van der Waals surface area contributed by atoms with Gasteiger partial charge in [0.05, 0.1) is 5.41 Å². The summed E-state index contributed by atoms with van der Waals surface area (Å²) in [5.41, 5.74) is -1.03. The van der Waals surface area contributed by atoms with E-state index in [0.29, 0.717) is 5.56 Å². The van der Waals surface area contributed by atoms with E-state index in [1.165, 1.54) is 24.3 Å². The lowest BCUT2D eigenvalue weighted by Crippen LogP contribution is -2.34. The maximum Gasteiger partial charge on any atom is 0.488 e. The lowest BCUT2D eigenvalue weighted by Gasteiger charge is -2.27. The molecule has 0 saturated carbocycles. The summed E-state index contributed by atoms with van der Waals surface area (Å²) >= 11 is 0. The molecule has 0 aliphatic carbocycles. The molecule has 94 valence electrons. The molecule has 1 aromatic rings. The van der Waals surface area contributed by atoms with E-state index in [1.54, 1.807) is 0 Å². The van der Waals surface area contributed by atoms with Crippen molar-refractivity contribution in [3.05, 3.63) is 29.8 Å². The molecule has 0 bridgehead atoms. The predicted octanol–water partition coefficient (Wildman–Crippen LogP) is 1.50. The molecule has 0 unspecified atom stereocenters. The number of alkyl halides is 3. The van der Waals surface area contributed by atoms with E-state index in [9.17, 15) is 13.2 Å². The minimum absolute atomic E-state index is 0.141. The Hall–Kier alpha value is -1.01. The van der Waals surface area contributed by atoms with Crippen LogP contribution >= 0.6 is 0 Å². The molecule has 0 aliphatic rings. The summed E-state index contributed by atoms with van der Waals surface area (Å²) in [6.45, 7) is 2.28. The highest BCUT2D eigenvalue weighted by atomic mass is 19.4. The lowest BCUT2D eigenvalue weighted by molar-refractivity contribution is -0.211. The minimum atomic E-state index is -4.26. The van der Waals surface area contributed by atoms with Gasteiger partial charge >= 0.3 is 13.3 Å². The zero-order valence-corrected chi connectivity index (χ0v) is 9.62. The third-order valence-corrected chi connectivity index (χ3v) is 2.69. The molecule has 0 atom stereocenters. The molecule has 0 aromatic heterocycles. The summed E-state index contributed by atoms with van der Waals surface area (Å²) in [6, 6.07) is 5.77. The molecular weight excluding hydrogens is 232 g/mol. The van der Waals surface area contributed by atoms with E-state index >= 15 is 0 Å². The van der Waals surface area contributed by atoms with E-state index < -0.39 is 18.7 Å². The van der Waals surface area contributed by atoms with Crippen molar-refractivity contribution in [3.8, 4) is 0 Å². The van der Waals surface area contributed by atoms with Crippen LogP contribution < -0.4 is 5.46 Å². The van der Waals surface area contributed by atoms with Gasteiger partial charge in [-0.1, -0.05) is 38.1 Å². The first-order valence-electron chi connectivity index (χ1n) is 5.15. The van der Waals surface area contributed by atoms with Crippen LogP contribution in [0.2, 0.25) is 0 Å². The van der Waals surface area contributed by atoms with Crippen molar-refractivity contribution in [1.29, 1.82) is 0 Å². The fourth-order valence-corrected chi connectivity index (χ4v) is 1.42. The molecule has 1 aromatic carbocycles. The third-order valence-electron chi connectivity index (χ3n) is 2.69. The number of benzene rings is 1. The minimum Gasteiger partial charge on any atom is -0.423 e. The number of hydrogen-bond donors (Lipinski definition) is 2. The maximum atomic E-state index is 12.6. The summed E-state index contributed by atoms with van der Waals surface area (Å²) in [6.07, 6.45) is -4.40. The van der Waals surface area contributed by atoms with Crippen molar-refractivity contribution in [1.82, 2.24) is 0 Å². The van der Waals surface area contributed by atoms with Gasteiger partial charge in [-0.05, 0) is 17.4 Å². The van der Waals surface area contributed by atoms with Crippen molar-refractivity contribution in [2.45, 2.75) is 26.4 Å². The van der Waals surface area contributed by atoms with Crippen LogP contribution in [0.4, 0.5) is 13.2 Å². The van der Waals surface area contributed by atoms with Gasteiger partial charge in [-0.2, -0.15) is 13.2 Å². The van der Waals surface area contributed by atoms with E-state index in [1.807, 2.05) is 0 Å². The number of hydrogen-bond acceptors (Lipinski definition) is 2. The van der Waals surface area contributed by atoms with Crippen molar-refractivity contribution in [2.24, 2.45) is 5.41 Å². The Bertz CT molecular complexity index is 371. The van der Waals surface area contributed by atoms with Gasteiger partial charge in [-0.15, -0.1) is 0 Å². The third kappa shape index (κ3) is 3.47. The topological polar surface area (TPSA) is 40.5 Å². The van der Waals surface area contributed by atoms with Gasteiger partial charge in [0.15, 0.2) is 0 Å². The Morgan fingerprint density at radius 2 is 1.53 bits per heavy atom. The van der Waals surface area contributed by atoms with Crippen LogP contribution in [-0.2, 0) is 6.42 Å². The summed E-state index contributed by atoms with van der Waals surface area (Å²) in [5, 5.41) is 17.7. The van der Waals surface area contributed by atoms with Gasteiger partial charge < -0.3 is 10.0 Å². The molecule has 0 fully saturated rings. The zero-order chi connectivity index (χ0) is 13.3. The fraction of sp³-hybridized carbons (Fsp3) is 0.455. The molecule has 0 aliphatic heterocycles. The number of halogens is 3. The maximum absolute atomic E-state index is 12.6. The first kappa shape index (κ1) is 14.1. The Morgan fingerprint density at radius 3 is 1.88 bits per heavy atom. The van der Waals surface area contributed by atoms with Gasteiger partial charge in [0.2, 0.25) is 0 Å². The van der Waals surface area contributed by atoms with Crippen molar-refractivity contribution < 1.29 is 23.2 Å². The molecule has 1 rings (SSSR count). The normalized spacial score (nSPS) is 12.6. The molecule has 0 amide bonds. The van der Waals surface area contributed by atoms with E-state index in [4.69, 9.17) is 10.0 Å². The number of rotatable bonds is 3.